The Balaban J connectivity index is 2.08. The summed E-state index contributed by atoms with van der Waals surface area (Å²) in [4.78, 5) is 4.12. The Hall–Kier alpha value is -2.31. The van der Waals surface area contributed by atoms with E-state index in [4.69, 9.17) is 20.5 Å². The molecule has 0 amide bonds. The Morgan fingerprint density at radius 1 is 1.04 bits per heavy atom. The maximum absolute atomic E-state index is 12.6. The molecule has 0 bridgehead atoms. The van der Waals surface area contributed by atoms with E-state index in [9.17, 15) is 8.42 Å². The number of fused-ring (bicyclic) bond motifs is 1. The van der Waals surface area contributed by atoms with Crippen molar-refractivity contribution in [3.05, 3.63) is 59.8 Å². The van der Waals surface area contributed by atoms with Crippen molar-refractivity contribution in [1.29, 1.82) is 0 Å². The molecule has 0 saturated heterocycles. The molecule has 5 nitrogen and oxygen atoms in total. The number of methoxy groups -OCH3 is 1. The van der Waals surface area contributed by atoms with Crippen molar-refractivity contribution in [1.82, 2.24) is 4.98 Å². The van der Waals surface area contributed by atoms with Gasteiger partial charge in [0.05, 0.1) is 17.6 Å². The fourth-order valence-electron chi connectivity index (χ4n) is 2.15. The first-order chi connectivity index (χ1) is 11.0. The van der Waals surface area contributed by atoms with Gasteiger partial charge in [0, 0.05) is 17.6 Å². The Bertz CT molecular complexity index is 973. The highest BCUT2D eigenvalue weighted by molar-refractivity contribution is 7.87. The maximum atomic E-state index is 12.6. The largest absolute Gasteiger partial charge is 0.497 e. The van der Waals surface area contributed by atoms with Gasteiger partial charge in [-0.2, -0.15) is 8.42 Å². The quantitative estimate of drug-likeness (QED) is 0.672. The molecule has 0 N–H and O–H groups in total. The summed E-state index contributed by atoms with van der Waals surface area (Å²) < 4.78 is 35.4. The molecule has 118 valence electrons. The summed E-state index contributed by atoms with van der Waals surface area (Å²) in [6.07, 6.45) is 1.55. The van der Waals surface area contributed by atoms with Crippen molar-refractivity contribution in [3.63, 3.8) is 0 Å². The van der Waals surface area contributed by atoms with E-state index < -0.39 is 10.1 Å². The minimum absolute atomic E-state index is 0.00724. The lowest BCUT2D eigenvalue weighted by molar-refractivity contribution is 0.411. The van der Waals surface area contributed by atoms with Crippen molar-refractivity contribution >= 4 is 32.6 Å². The molecule has 0 aliphatic rings. The first-order valence-electron chi connectivity index (χ1n) is 6.63. The number of benzene rings is 2. The average molecular weight is 350 g/mol. The number of nitrogens with zero attached hydrogens (tertiary/aromatic N) is 1. The number of hydrogen-bond acceptors (Lipinski definition) is 5. The van der Waals surface area contributed by atoms with Gasteiger partial charge >= 0.3 is 10.1 Å². The van der Waals surface area contributed by atoms with Crippen molar-refractivity contribution in [2.24, 2.45) is 0 Å². The number of aromatic nitrogens is 1. The molecule has 1 aromatic heterocycles. The third-order valence-electron chi connectivity index (χ3n) is 3.20. The second kappa shape index (κ2) is 6.06. The van der Waals surface area contributed by atoms with E-state index in [2.05, 4.69) is 4.98 Å². The predicted molar refractivity (Wildman–Crippen MR) is 87.6 cm³/mol. The zero-order valence-electron chi connectivity index (χ0n) is 12.1. The van der Waals surface area contributed by atoms with E-state index in [0.29, 0.717) is 21.7 Å². The van der Waals surface area contributed by atoms with Crippen LogP contribution in [0.3, 0.4) is 0 Å². The molecule has 7 heteroatoms. The predicted octanol–water partition coefficient (Wildman–Crippen LogP) is 3.66. The lowest BCUT2D eigenvalue weighted by Crippen LogP contribution is -2.10. The van der Waals surface area contributed by atoms with Gasteiger partial charge in [-0.3, -0.25) is 4.98 Å². The van der Waals surface area contributed by atoms with E-state index in [1.165, 1.54) is 31.4 Å². The van der Waals surface area contributed by atoms with Crippen molar-refractivity contribution < 1.29 is 17.3 Å². The molecule has 2 aromatic carbocycles. The van der Waals surface area contributed by atoms with Crippen LogP contribution in [0.1, 0.15) is 0 Å². The van der Waals surface area contributed by atoms with E-state index in [1.54, 1.807) is 30.5 Å². The molecule has 0 fully saturated rings. The molecule has 0 atom stereocenters. The molecule has 0 unspecified atom stereocenters. The topological polar surface area (TPSA) is 65.5 Å². The van der Waals surface area contributed by atoms with Gasteiger partial charge in [0.2, 0.25) is 0 Å². The van der Waals surface area contributed by atoms with Crippen molar-refractivity contribution in [2.75, 3.05) is 7.11 Å². The molecule has 1 heterocycles. The van der Waals surface area contributed by atoms with Gasteiger partial charge in [-0.05, 0) is 36.4 Å². The van der Waals surface area contributed by atoms with Crippen LogP contribution in [-0.4, -0.2) is 20.5 Å². The van der Waals surface area contributed by atoms with Gasteiger partial charge in [0.25, 0.3) is 0 Å². The Kier molecular flexibility index (Phi) is 4.11. The van der Waals surface area contributed by atoms with Crippen LogP contribution in [-0.2, 0) is 10.1 Å². The molecule has 0 saturated carbocycles. The molecule has 23 heavy (non-hydrogen) atoms. The van der Waals surface area contributed by atoms with Gasteiger partial charge in [0.1, 0.15) is 16.4 Å². The molecule has 0 spiro atoms. The first-order valence-corrected chi connectivity index (χ1v) is 8.42. The molecular formula is C16H12ClNO4S. The second-order valence-electron chi connectivity index (χ2n) is 4.66. The monoisotopic (exact) mass is 349 g/mol. The van der Waals surface area contributed by atoms with Gasteiger partial charge in [-0.1, -0.05) is 17.7 Å². The minimum atomic E-state index is -4.04. The summed E-state index contributed by atoms with van der Waals surface area (Å²) in [5.41, 5.74) is 0.407. The summed E-state index contributed by atoms with van der Waals surface area (Å²) in [5, 5.41) is 0.781. The molecular weight excluding hydrogens is 338 g/mol. The standard InChI is InChI=1S/C16H12ClNO4S/c1-21-11-4-2-5-12(10-11)22-23(19,20)15-8-7-14(17)16-13(15)6-3-9-18-16/h2-10H,1H3. The smallest absolute Gasteiger partial charge is 0.339 e. The zero-order chi connectivity index (χ0) is 16.4. The van der Waals surface area contributed by atoms with Crippen LogP contribution in [0.2, 0.25) is 5.02 Å². The zero-order valence-corrected chi connectivity index (χ0v) is 13.6. The summed E-state index contributed by atoms with van der Waals surface area (Å²) in [7, 11) is -2.54. The van der Waals surface area contributed by atoms with Crippen LogP contribution in [0.15, 0.2) is 59.6 Å². The lowest BCUT2D eigenvalue weighted by atomic mass is 10.2. The number of pyridine rings is 1. The highest BCUT2D eigenvalue weighted by Crippen LogP contribution is 2.30. The summed E-state index contributed by atoms with van der Waals surface area (Å²) >= 11 is 6.06. The number of halogens is 1. The number of ether oxygens (including phenoxy) is 1. The second-order valence-corrected chi connectivity index (χ2v) is 6.58. The van der Waals surface area contributed by atoms with Gasteiger partial charge < -0.3 is 8.92 Å². The van der Waals surface area contributed by atoms with Crippen molar-refractivity contribution in [3.8, 4) is 11.5 Å². The van der Waals surface area contributed by atoms with E-state index in [0.717, 1.165) is 0 Å². The summed E-state index contributed by atoms with van der Waals surface area (Å²) in [6, 6.07) is 12.5. The summed E-state index contributed by atoms with van der Waals surface area (Å²) in [6.45, 7) is 0. The molecule has 3 rings (SSSR count). The Labute approximate surface area is 138 Å². The molecule has 0 radical (unpaired) electrons. The Morgan fingerprint density at radius 3 is 2.61 bits per heavy atom. The third kappa shape index (κ3) is 3.09. The highest BCUT2D eigenvalue weighted by Gasteiger charge is 2.21. The minimum Gasteiger partial charge on any atom is -0.497 e. The SMILES string of the molecule is COc1cccc(OS(=O)(=O)c2ccc(Cl)c3ncccc23)c1. The highest BCUT2D eigenvalue weighted by atomic mass is 35.5. The van der Waals surface area contributed by atoms with Crippen LogP contribution in [0.25, 0.3) is 10.9 Å². The first kappa shape index (κ1) is 15.6. The maximum Gasteiger partial charge on any atom is 0.339 e. The van der Waals surface area contributed by atoms with E-state index in [1.807, 2.05) is 0 Å². The van der Waals surface area contributed by atoms with Crippen LogP contribution in [0.4, 0.5) is 0 Å². The van der Waals surface area contributed by atoms with Crippen LogP contribution < -0.4 is 8.92 Å². The molecule has 0 aliphatic heterocycles. The fraction of sp³-hybridized carbons (Fsp3) is 0.0625. The molecule has 0 aliphatic carbocycles. The van der Waals surface area contributed by atoms with Crippen LogP contribution >= 0.6 is 11.6 Å². The van der Waals surface area contributed by atoms with Gasteiger partial charge in [-0.15, -0.1) is 0 Å². The third-order valence-corrected chi connectivity index (χ3v) is 4.81. The molecule has 3 aromatic rings. The van der Waals surface area contributed by atoms with Gasteiger partial charge in [0.15, 0.2) is 0 Å². The van der Waals surface area contributed by atoms with E-state index >= 15 is 0 Å². The fourth-order valence-corrected chi connectivity index (χ4v) is 3.48. The van der Waals surface area contributed by atoms with E-state index in [-0.39, 0.29) is 10.6 Å². The lowest BCUT2D eigenvalue weighted by Gasteiger charge is -2.10. The number of rotatable bonds is 4. The van der Waals surface area contributed by atoms with Crippen LogP contribution in [0.5, 0.6) is 11.5 Å². The number of hydrogen-bond donors (Lipinski definition) is 0. The van der Waals surface area contributed by atoms with Crippen LogP contribution in [0, 0.1) is 0 Å². The Morgan fingerprint density at radius 2 is 1.83 bits per heavy atom. The summed E-state index contributed by atoms with van der Waals surface area (Å²) in [5.74, 6) is 0.664. The van der Waals surface area contributed by atoms with Gasteiger partial charge in [-0.25, -0.2) is 0 Å². The van der Waals surface area contributed by atoms with Crippen molar-refractivity contribution in [2.45, 2.75) is 4.90 Å². The average Bonchev–Trinajstić information content (AvgIpc) is 2.55. The normalized spacial score (nSPS) is 11.4.